The van der Waals surface area contributed by atoms with Crippen LogP contribution in [0.15, 0.2) is 85.2 Å². The van der Waals surface area contributed by atoms with E-state index in [2.05, 4.69) is 44.1 Å². The first-order valence-corrected chi connectivity index (χ1v) is 10.2. The number of nitrogens with one attached hydrogen (secondary N) is 2. The fourth-order valence-electron chi connectivity index (χ4n) is 4.08. The maximum atomic E-state index is 13.0. The Hall–Kier alpha value is -3.90. The SMILES string of the molecule is O=C(C[C@H](c1cccc2ccccc12)n1cccc1)Nc1ccc2nc(CO)[nH]c2c1. The Morgan fingerprint density at radius 3 is 2.68 bits per heavy atom. The molecule has 1 amide bonds. The normalized spacial score (nSPS) is 12.3. The van der Waals surface area contributed by atoms with E-state index in [1.807, 2.05) is 60.9 Å². The third-order valence-electron chi connectivity index (χ3n) is 5.51. The number of hydrogen-bond donors (Lipinski definition) is 3. The van der Waals surface area contributed by atoms with Gasteiger partial charge in [-0.1, -0.05) is 42.5 Å². The average molecular weight is 410 g/mol. The number of anilines is 1. The van der Waals surface area contributed by atoms with Crippen molar-refractivity contribution in [2.45, 2.75) is 19.1 Å². The van der Waals surface area contributed by atoms with Crippen LogP contribution in [0.25, 0.3) is 21.8 Å². The minimum atomic E-state index is -0.153. The van der Waals surface area contributed by atoms with Crippen molar-refractivity contribution in [2.75, 3.05) is 5.32 Å². The molecule has 0 aliphatic carbocycles. The van der Waals surface area contributed by atoms with E-state index >= 15 is 0 Å². The molecule has 0 saturated heterocycles. The number of carbonyl (C=O) groups excluding carboxylic acids is 1. The van der Waals surface area contributed by atoms with E-state index in [0.717, 1.165) is 27.4 Å². The lowest BCUT2D eigenvalue weighted by Crippen LogP contribution is -2.19. The second kappa shape index (κ2) is 8.08. The van der Waals surface area contributed by atoms with Crippen molar-refractivity contribution in [3.8, 4) is 0 Å². The van der Waals surface area contributed by atoms with E-state index in [1.54, 1.807) is 0 Å². The van der Waals surface area contributed by atoms with Crippen molar-refractivity contribution in [1.82, 2.24) is 14.5 Å². The number of aliphatic hydroxyl groups excluding tert-OH is 1. The summed E-state index contributed by atoms with van der Waals surface area (Å²) in [5.74, 6) is 0.426. The molecule has 2 heterocycles. The molecule has 3 aromatic carbocycles. The van der Waals surface area contributed by atoms with Gasteiger partial charge in [-0.2, -0.15) is 0 Å². The lowest BCUT2D eigenvalue weighted by molar-refractivity contribution is -0.116. The average Bonchev–Trinajstić information content (AvgIpc) is 3.46. The lowest BCUT2D eigenvalue weighted by atomic mass is 9.96. The molecule has 6 nitrogen and oxygen atoms in total. The highest BCUT2D eigenvalue weighted by molar-refractivity contribution is 5.94. The first-order valence-electron chi connectivity index (χ1n) is 10.2. The van der Waals surface area contributed by atoms with Gasteiger partial charge in [0, 0.05) is 18.1 Å². The van der Waals surface area contributed by atoms with Crippen molar-refractivity contribution in [3.63, 3.8) is 0 Å². The van der Waals surface area contributed by atoms with Crippen LogP contribution >= 0.6 is 0 Å². The van der Waals surface area contributed by atoms with Crippen LogP contribution in [0.2, 0.25) is 0 Å². The van der Waals surface area contributed by atoms with Crippen LogP contribution in [0.3, 0.4) is 0 Å². The molecule has 5 aromatic rings. The molecule has 3 N–H and O–H groups in total. The van der Waals surface area contributed by atoms with Gasteiger partial charge in [0.05, 0.1) is 23.5 Å². The summed E-state index contributed by atoms with van der Waals surface area (Å²) in [6.45, 7) is -0.153. The smallest absolute Gasteiger partial charge is 0.226 e. The molecule has 0 fully saturated rings. The van der Waals surface area contributed by atoms with Gasteiger partial charge in [0.15, 0.2) is 0 Å². The van der Waals surface area contributed by atoms with Gasteiger partial charge in [-0.3, -0.25) is 4.79 Å². The molecule has 0 saturated carbocycles. The number of amides is 1. The van der Waals surface area contributed by atoms with Gasteiger partial charge in [0.1, 0.15) is 12.4 Å². The maximum Gasteiger partial charge on any atom is 0.226 e. The van der Waals surface area contributed by atoms with Crippen LogP contribution in [0.4, 0.5) is 5.69 Å². The number of nitrogens with zero attached hydrogens (tertiary/aromatic N) is 2. The summed E-state index contributed by atoms with van der Waals surface area (Å²) in [5.41, 5.74) is 3.33. The molecule has 0 aliphatic rings. The molecule has 1 atom stereocenters. The zero-order valence-electron chi connectivity index (χ0n) is 16.8. The molecule has 0 spiro atoms. The predicted molar refractivity (Wildman–Crippen MR) is 122 cm³/mol. The zero-order chi connectivity index (χ0) is 21.2. The molecule has 154 valence electrons. The summed E-state index contributed by atoms with van der Waals surface area (Å²) in [5, 5.41) is 14.6. The molecular weight excluding hydrogens is 388 g/mol. The van der Waals surface area contributed by atoms with E-state index < -0.39 is 0 Å². The van der Waals surface area contributed by atoms with E-state index in [-0.39, 0.29) is 18.6 Å². The van der Waals surface area contributed by atoms with Crippen LogP contribution in [-0.2, 0) is 11.4 Å². The topological polar surface area (TPSA) is 82.9 Å². The second-order valence-electron chi connectivity index (χ2n) is 7.54. The molecule has 5 rings (SSSR count). The summed E-state index contributed by atoms with van der Waals surface area (Å²) < 4.78 is 2.08. The number of aliphatic hydroxyl groups is 1. The van der Waals surface area contributed by atoms with Crippen molar-refractivity contribution >= 4 is 33.4 Å². The number of H-pyrrole nitrogens is 1. The van der Waals surface area contributed by atoms with Crippen LogP contribution < -0.4 is 5.32 Å². The van der Waals surface area contributed by atoms with Gasteiger partial charge in [0.2, 0.25) is 5.91 Å². The standard InChI is InChI=1S/C25H22N4O2/c30-16-24-27-21-11-10-18(14-22(21)28-24)26-25(31)15-23(29-12-3-4-13-29)20-9-5-7-17-6-1-2-8-19(17)20/h1-14,23,30H,15-16H2,(H,26,31)(H,27,28)/t23-/m1/s1. The number of aromatic amines is 1. The summed E-state index contributed by atoms with van der Waals surface area (Å²) in [6.07, 6.45) is 4.28. The number of benzene rings is 3. The fraction of sp³-hybridized carbons (Fsp3) is 0.120. The quantitative estimate of drug-likeness (QED) is 0.382. The van der Waals surface area contributed by atoms with Gasteiger partial charge in [-0.25, -0.2) is 4.98 Å². The van der Waals surface area contributed by atoms with Crippen LogP contribution in [0.1, 0.15) is 23.9 Å². The Kier molecular flexibility index (Phi) is 4.98. The molecule has 0 unspecified atom stereocenters. The van der Waals surface area contributed by atoms with Gasteiger partial charge in [0.25, 0.3) is 0 Å². The molecule has 31 heavy (non-hydrogen) atoms. The number of fused-ring (bicyclic) bond motifs is 2. The Labute approximate surface area is 179 Å². The minimum absolute atomic E-state index is 0.0760. The summed E-state index contributed by atoms with van der Waals surface area (Å²) in [7, 11) is 0. The maximum absolute atomic E-state index is 13.0. The highest BCUT2D eigenvalue weighted by Crippen LogP contribution is 2.30. The van der Waals surface area contributed by atoms with Crippen molar-refractivity contribution in [2.24, 2.45) is 0 Å². The van der Waals surface area contributed by atoms with Gasteiger partial charge >= 0.3 is 0 Å². The number of imidazole rings is 1. The number of rotatable bonds is 6. The molecule has 0 bridgehead atoms. The zero-order valence-corrected chi connectivity index (χ0v) is 16.8. The van der Waals surface area contributed by atoms with Crippen LogP contribution in [0, 0.1) is 0 Å². The second-order valence-corrected chi connectivity index (χ2v) is 7.54. The largest absolute Gasteiger partial charge is 0.388 e. The number of carbonyl (C=O) groups is 1. The predicted octanol–water partition coefficient (Wildman–Crippen LogP) is 4.63. The number of aromatic nitrogens is 3. The monoisotopic (exact) mass is 410 g/mol. The molecule has 0 radical (unpaired) electrons. The summed E-state index contributed by atoms with van der Waals surface area (Å²) >= 11 is 0. The fourth-order valence-corrected chi connectivity index (χ4v) is 4.08. The van der Waals surface area contributed by atoms with E-state index in [9.17, 15) is 9.90 Å². The van der Waals surface area contributed by atoms with Gasteiger partial charge < -0.3 is 20.0 Å². The molecule has 2 aromatic heterocycles. The first-order chi connectivity index (χ1) is 15.2. The highest BCUT2D eigenvalue weighted by Gasteiger charge is 2.20. The van der Waals surface area contributed by atoms with Crippen molar-refractivity contribution in [3.05, 3.63) is 96.6 Å². The van der Waals surface area contributed by atoms with E-state index in [4.69, 9.17) is 0 Å². The summed E-state index contributed by atoms with van der Waals surface area (Å²) in [4.78, 5) is 20.4. The first kappa shape index (κ1) is 19.1. The molecule has 0 aliphatic heterocycles. The lowest BCUT2D eigenvalue weighted by Gasteiger charge is -2.21. The van der Waals surface area contributed by atoms with Crippen molar-refractivity contribution < 1.29 is 9.90 Å². The Bertz CT molecular complexity index is 1350. The van der Waals surface area contributed by atoms with Crippen LogP contribution in [-0.4, -0.2) is 25.5 Å². The van der Waals surface area contributed by atoms with Crippen LogP contribution in [0.5, 0.6) is 0 Å². The van der Waals surface area contributed by atoms with Gasteiger partial charge in [-0.05, 0) is 46.7 Å². The number of hydrogen-bond acceptors (Lipinski definition) is 3. The third-order valence-corrected chi connectivity index (χ3v) is 5.51. The third kappa shape index (κ3) is 3.81. The Balaban J connectivity index is 1.44. The van der Waals surface area contributed by atoms with E-state index in [1.165, 1.54) is 0 Å². The Morgan fingerprint density at radius 1 is 1.03 bits per heavy atom. The Morgan fingerprint density at radius 2 is 1.84 bits per heavy atom. The van der Waals surface area contributed by atoms with Gasteiger partial charge in [-0.15, -0.1) is 0 Å². The summed E-state index contributed by atoms with van der Waals surface area (Å²) in [6, 6.07) is 23.8. The van der Waals surface area contributed by atoms with Crippen molar-refractivity contribution in [1.29, 1.82) is 0 Å². The molecular formula is C25H22N4O2. The molecule has 6 heteroatoms. The minimum Gasteiger partial charge on any atom is -0.388 e. The van der Waals surface area contributed by atoms with E-state index in [0.29, 0.717) is 17.9 Å². The highest BCUT2D eigenvalue weighted by atomic mass is 16.3.